The van der Waals surface area contributed by atoms with Crippen LogP contribution in [0, 0.1) is 17.1 Å². The van der Waals surface area contributed by atoms with Crippen LogP contribution in [0.5, 0.6) is 5.75 Å². The minimum absolute atomic E-state index is 0.0517. The van der Waals surface area contributed by atoms with Gasteiger partial charge in [-0.05, 0) is 97.5 Å². The number of aliphatic carboxylic acids is 1. The Kier molecular flexibility index (Phi) is 6.85. The van der Waals surface area contributed by atoms with E-state index in [0.29, 0.717) is 35.3 Å². The van der Waals surface area contributed by atoms with Gasteiger partial charge in [-0.2, -0.15) is 9.57 Å². The third-order valence-electron chi connectivity index (χ3n) is 6.01. The molecular formula is C27H25FN2O5S. The number of fused-ring (bicyclic) bond motifs is 1. The number of nitrogens with zero attached hydrogens (tertiary/aromatic N) is 2. The van der Waals surface area contributed by atoms with Gasteiger partial charge in [0.2, 0.25) is 10.0 Å². The smallest absolute Gasteiger partial charge is 0.318 e. The number of halogens is 1. The number of hydrogen-bond donors (Lipinski definition) is 1. The first-order valence-electron chi connectivity index (χ1n) is 11.3. The van der Waals surface area contributed by atoms with E-state index in [1.807, 2.05) is 19.9 Å². The van der Waals surface area contributed by atoms with E-state index in [-0.39, 0.29) is 22.6 Å². The summed E-state index contributed by atoms with van der Waals surface area (Å²) in [5, 5.41) is 18.6. The monoisotopic (exact) mass is 508 g/mol. The van der Waals surface area contributed by atoms with Crippen molar-refractivity contribution in [3.8, 4) is 22.9 Å². The molecule has 0 aromatic heterocycles. The van der Waals surface area contributed by atoms with Crippen LogP contribution >= 0.6 is 0 Å². The van der Waals surface area contributed by atoms with Crippen LogP contribution in [0.2, 0.25) is 0 Å². The predicted octanol–water partition coefficient (Wildman–Crippen LogP) is 4.74. The lowest BCUT2D eigenvalue weighted by Crippen LogP contribution is -2.36. The number of carboxylic acids is 1. The molecule has 1 heterocycles. The summed E-state index contributed by atoms with van der Waals surface area (Å²) < 4.78 is 48.3. The number of aryl methyl sites for hydroxylation is 1. The Morgan fingerprint density at radius 2 is 1.92 bits per heavy atom. The van der Waals surface area contributed by atoms with E-state index in [0.717, 1.165) is 9.87 Å². The first-order valence-corrected chi connectivity index (χ1v) is 12.7. The molecule has 0 radical (unpaired) electrons. The first-order chi connectivity index (χ1) is 17.0. The molecule has 1 N–H and O–H groups in total. The van der Waals surface area contributed by atoms with Gasteiger partial charge in [0, 0.05) is 6.54 Å². The van der Waals surface area contributed by atoms with Crippen molar-refractivity contribution < 1.29 is 27.4 Å². The summed E-state index contributed by atoms with van der Waals surface area (Å²) in [5.74, 6) is -1.34. The molecule has 0 spiro atoms. The lowest BCUT2D eigenvalue weighted by molar-refractivity contribution is -0.137. The van der Waals surface area contributed by atoms with Gasteiger partial charge in [0.15, 0.2) is 0 Å². The summed E-state index contributed by atoms with van der Waals surface area (Å²) in [6.45, 7) is 2.77. The van der Waals surface area contributed by atoms with Crippen molar-refractivity contribution in [2.75, 3.05) is 6.54 Å². The Hall–Kier alpha value is -3.74. The molecule has 7 nitrogen and oxygen atoms in total. The first kappa shape index (κ1) is 25.4. The fourth-order valence-corrected chi connectivity index (χ4v) is 5.63. The fraction of sp³-hybridized carbons (Fsp3) is 0.259. The van der Waals surface area contributed by atoms with Crippen LogP contribution in [0.4, 0.5) is 4.39 Å². The summed E-state index contributed by atoms with van der Waals surface area (Å²) >= 11 is 0. The second kappa shape index (κ2) is 9.72. The number of nitriles is 1. The van der Waals surface area contributed by atoms with Gasteiger partial charge in [-0.25, -0.2) is 12.8 Å². The zero-order chi connectivity index (χ0) is 26.1. The van der Waals surface area contributed by atoms with Crippen molar-refractivity contribution in [1.29, 1.82) is 5.26 Å². The Bertz CT molecular complexity index is 1480. The molecule has 0 saturated carbocycles. The number of carboxylic acid groups (broad SMARTS) is 1. The molecule has 3 aromatic carbocycles. The molecule has 1 aliphatic heterocycles. The minimum Gasteiger partial charge on any atom is -0.488 e. The zero-order valence-corrected chi connectivity index (χ0v) is 20.7. The van der Waals surface area contributed by atoms with Crippen LogP contribution in [-0.4, -0.2) is 35.9 Å². The van der Waals surface area contributed by atoms with Gasteiger partial charge in [0.05, 0.1) is 16.5 Å². The second-order valence-electron chi connectivity index (χ2n) is 9.34. The van der Waals surface area contributed by atoms with Crippen molar-refractivity contribution >= 4 is 16.0 Å². The number of hydrogen-bond acceptors (Lipinski definition) is 5. The van der Waals surface area contributed by atoms with E-state index in [4.69, 9.17) is 10.00 Å². The summed E-state index contributed by atoms with van der Waals surface area (Å²) in [6, 6.07) is 17.2. The largest absolute Gasteiger partial charge is 0.488 e. The van der Waals surface area contributed by atoms with E-state index >= 15 is 0 Å². The Labute approximate surface area is 209 Å². The van der Waals surface area contributed by atoms with Crippen LogP contribution in [0.25, 0.3) is 11.1 Å². The highest BCUT2D eigenvalue weighted by Crippen LogP contribution is 2.35. The van der Waals surface area contributed by atoms with E-state index < -0.39 is 28.4 Å². The average molecular weight is 509 g/mol. The Balaban J connectivity index is 1.68. The van der Waals surface area contributed by atoms with Crippen LogP contribution < -0.4 is 4.74 Å². The highest BCUT2D eigenvalue weighted by atomic mass is 32.2. The molecular weight excluding hydrogens is 483 g/mol. The third-order valence-corrected chi connectivity index (χ3v) is 7.79. The van der Waals surface area contributed by atoms with E-state index in [2.05, 4.69) is 0 Å². The molecule has 0 saturated heterocycles. The molecule has 186 valence electrons. The SMILES string of the molecule is CC1(C)CCc2cc(S(=O)(=O)N(CC(=O)O)Cc3cc(F)cc(-c4cccc(C#N)c4)c3)ccc2O1. The van der Waals surface area contributed by atoms with Crippen molar-refractivity contribution in [3.63, 3.8) is 0 Å². The molecule has 1 aliphatic rings. The van der Waals surface area contributed by atoms with E-state index in [1.54, 1.807) is 36.4 Å². The van der Waals surface area contributed by atoms with Crippen molar-refractivity contribution in [3.05, 3.63) is 83.2 Å². The number of rotatable bonds is 7. The standard InChI is InChI=1S/C27H25FN2O5S/c1-27(2)9-8-21-14-24(6-7-25(21)35-27)36(33,34)30(17-26(31)32)16-19-11-22(13-23(28)12-19)20-5-3-4-18(10-20)15-29/h3-7,10-14H,8-9,16-17H2,1-2H3,(H,31,32). The Morgan fingerprint density at radius 3 is 2.64 bits per heavy atom. The third kappa shape index (κ3) is 5.56. The lowest BCUT2D eigenvalue weighted by atomic mass is 9.94. The van der Waals surface area contributed by atoms with Gasteiger partial charge >= 0.3 is 5.97 Å². The van der Waals surface area contributed by atoms with Gasteiger partial charge in [-0.15, -0.1) is 0 Å². The van der Waals surface area contributed by atoms with Crippen molar-refractivity contribution in [1.82, 2.24) is 4.31 Å². The number of carbonyl (C=O) groups is 1. The predicted molar refractivity (Wildman–Crippen MR) is 131 cm³/mol. The maximum absolute atomic E-state index is 14.5. The highest BCUT2D eigenvalue weighted by molar-refractivity contribution is 7.89. The summed E-state index contributed by atoms with van der Waals surface area (Å²) in [7, 11) is -4.23. The number of sulfonamides is 1. The van der Waals surface area contributed by atoms with Crippen LogP contribution in [0.1, 0.15) is 37.0 Å². The van der Waals surface area contributed by atoms with E-state index in [1.165, 1.54) is 24.3 Å². The average Bonchev–Trinajstić information content (AvgIpc) is 2.82. The molecule has 3 aromatic rings. The van der Waals surface area contributed by atoms with Crippen LogP contribution in [0.3, 0.4) is 0 Å². The Morgan fingerprint density at radius 1 is 1.14 bits per heavy atom. The van der Waals surface area contributed by atoms with Crippen LogP contribution in [-0.2, 0) is 27.8 Å². The molecule has 0 atom stereocenters. The lowest BCUT2D eigenvalue weighted by Gasteiger charge is -2.33. The second-order valence-corrected chi connectivity index (χ2v) is 11.3. The zero-order valence-electron chi connectivity index (χ0n) is 19.9. The fourth-order valence-electron chi connectivity index (χ4n) is 4.20. The van der Waals surface area contributed by atoms with Crippen molar-refractivity contribution in [2.45, 2.75) is 43.7 Å². The van der Waals surface area contributed by atoms with Gasteiger partial charge < -0.3 is 9.84 Å². The maximum Gasteiger partial charge on any atom is 0.318 e. The highest BCUT2D eigenvalue weighted by Gasteiger charge is 2.31. The van der Waals surface area contributed by atoms with E-state index in [9.17, 15) is 22.7 Å². The minimum atomic E-state index is -4.23. The maximum atomic E-state index is 14.5. The molecule has 36 heavy (non-hydrogen) atoms. The summed E-state index contributed by atoms with van der Waals surface area (Å²) in [6.07, 6.45) is 1.33. The molecule has 0 aliphatic carbocycles. The topological polar surface area (TPSA) is 108 Å². The molecule has 0 amide bonds. The summed E-state index contributed by atoms with van der Waals surface area (Å²) in [5.41, 5.74) is 2.08. The molecule has 4 rings (SSSR count). The number of benzene rings is 3. The van der Waals surface area contributed by atoms with Crippen molar-refractivity contribution in [2.24, 2.45) is 0 Å². The van der Waals surface area contributed by atoms with Gasteiger partial charge in [0.1, 0.15) is 23.7 Å². The van der Waals surface area contributed by atoms with Crippen LogP contribution in [0.15, 0.2) is 65.6 Å². The molecule has 9 heteroatoms. The normalized spacial score (nSPS) is 14.5. The number of ether oxygens (including phenoxy) is 1. The quantitative estimate of drug-likeness (QED) is 0.494. The molecule has 0 unspecified atom stereocenters. The summed E-state index contributed by atoms with van der Waals surface area (Å²) in [4.78, 5) is 11.5. The van der Waals surface area contributed by atoms with Gasteiger partial charge in [0.25, 0.3) is 0 Å². The van der Waals surface area contributed by atoms with Gasteiger partial charge in [-0.1, -0.05) is 12.1 Å². The molecule has 0 fully saturated rings. The van der Waals surface area contributed by atoms with Gasteiger partial charge in [-0.3, -0.25) is 4.79 Å². The molecule has 0 bridgehead atoms.